The minimum atomic E-state index is -2.74. The highest BCUT2D eigenvalue weighted by molar-refractivity contribution is 5.88. The van der Waals surface area contributed by atoms with Crippen molar-refractivity contribution in [3.05, 3.63) is 16.0 Å². The molecule has 0 aliphatic carbocycles. The number of rotatable bonds is 5. The molecule has 0 fully saturated rings. The molecule has 0 atom stereocenters. The zero-order valence-electron chi connectivity index (χ0n) is 7.77. The first-order chi connectivity index (χ1) is 7.19. The van der Waals surface area contributed by atoms with Gasteiger partial charge in [-0.05, 0) is 0 Å². The second-order valence-electron chi connectivity index (χ2n) is 2.57. The Hall–Kier alpha value is -2.32. The van der Waals surface area contributed by atoms with E-state index in [9.17, 15) is 14.4 Å². The fraction of sp³-hybridized carbons (Fsp3) is 0.500. The lowest BCUT2D eigenvalue weighted by atomic mass is 9.96. The van der Waals surface area contributed by atoms with E-state index in [-0.39, 0.29) is 0 Å². The van der Waals surface area contributed by atoms with Gasteiger partial charge in [0, 0.05) is 0 Å². The maximum Gasteiger partial charge on any atom is 0.336 e. The van der Waals surface area contributed by atoms with Crippen LogP contribution in [0.3, 0.4) is 0 Å². The highest BCUT2D eigenvalue weighted by Crippen LogP contribution is 2.15. The average Bonchev–Trinajstić information content (AvgIpc) is 2.01. The van der Waals surface area contributed by atoms with Gasteiger partial charge in [0.1, 0.15) is 0 Å². The normalized spacial score (nSPS) is 9.31. The summed E-state index contributed by atoms with van der Waals surface area (Å²) < 4.78 is 0. The van der Waals surface area contributed by atoms with Gasteiger partial charge in [0.2, 0.25) is 0 Å². The minimum Gasteiger partial charge on any atom is -0.481 e. The van der Waals surface area contributed by atoms with Crippen molar-refractivity contribution in [1.82, 2.24) is 0 Å². The van der Waals surface area contributed by atoms with E-state index in [0.717, 1.165) is 0 Å². The van der Waals surface area contributed by atoms with Crippen LogP contribution in [0.15, 0.2) is 0 Å². The van der Waals surface area contributed by atoms with Gasteiger partial charge in [-0.2, -0.15) is 0 Å². The van der Waals surface area contributed by atoms with E-state index in [1.165, 1.54) is 4.91 Å². The van der Waals surface area contributed by atoms with Crippen molar-refractivity contribution in [2.75, 3.05) is 0 Å². The number of hydrogen-bond donors (Lipinski definition) is 4. The number of carboxylic acids is 3. The molecule has 0 aromatic heterocycles. The summed E-state index contributed by atoms with van der Waals surface area (Å²) in [5, 5.41) is 33.8. The molecule has 0 heterocycles. The molecule has 0 bridgehead atoms. The first kappa shape index (κ1) is 16.1. The predicted octanol–water partition coefficient (Wildman–Crippen LogP) is -0.382. The van der Waals surface area contributed by atoms with E-state index in [2.05, 4.69) is 0 Å². The van der Waals surface area contributed by atoms with Gasteiger partial charge in [-0.3, -0.25) is 14.5 Å². The molecule has 0 spiro atoms. The Kier molecular flexibility index (Phi) is 7.09. The number of aliphatic hydroxyl groups is 1. The van der Waals surface area contributed by atoms with Crippen LogP contribution in [-0.2, 0) is 14.4 Å². The lowest BCUT2D eigenvalue weighted by molar-refractivity contribution is -0.170. The monoisotopic (exact) mass is 234 g/mol. The van der Waals surface area contributed by atoms with E-state index in [1.807, 2.05) is 0 Å². The molecule has 0 unspecified atom stereocenters. The SMILES string of the molecule is O=C(O)CC(O)(CC(=O)O)C(=O)O.[N-]=[N+]=[N-]. The second-order valence-corrected chi connectivity index (χ2v) is 2.57. The van der Waals surface area contributed by atoms with Crippen molar-refractivity contribution in [3.63, 3.8) is 0 Å². The molecule has 0 saturated heterocycles. The zero-order valence-corrected chi connectivity index (χ0v) is 7.77. The molecule has 10 nitrogen and oxygen atoms in total. The van der Waals surface area contributed by atoms with Gasteiger partial charge in [-0.15, -0.1) is 0 Å². The van der Waals surface area contributed by atoms with E-state index in [1.54, 1.807) is 0 Å². The molecule has 4 N–H and O–H groups in total. The molecular formula is C6H8N3O7-. The van der Waals surface area contributed by atoms with Crippen LogP contribution in [0.2, 0.25) is 0 Å². The molecule has 10 heteroatoms. The molecule has 16 heavy (non-hydrogen) atoms. The number of nitrogens with zero attached hydrogens (tertiary/aromatic N) is 3. The summed E-state index contributed by atoms with van der Waals surface area (Å²) in [6.07, 6.45) is -2.29. The van der Waals surface area contributed by atoms with Crippen molar-refractivity contribution >= 4 is 17.9 Å². The van der Waals surface area contributed by atoms with Crippen LogP contribution in [-0.4, -0.2) is 43.9 Å². The summed E-state index contributed by atoms with van der Waals surface area (Å²) in [4.78, 5) is 32.0. The summed E-state index contributed by atoms with van der Waals surface area (Å²) in [6.45, 7) is 0. The maximum atomic E-state index is 10.3. The van der Waals surface area contributed by atoms with Crippen LogP contribution >= 0.6 is 0 Å². The lowest BCUT2D eigenvalue weighted by Gasteiger charge is -2.18. The van der Waals surface area contributed by atoms with Crippen LogP contribution < -0.4 is 0 Å². The topological polar surface area (TPSA) is 191 Å². The summed E-state index contributed by atoms with van der Waals surface area (Å²) in [7, 11) is 0. The summed E-state index contributed by atoms with van der Waals surface area (Å²) in [6, 6.07) is 0. The molecule has 90 valence electrons. The van der Waals surface area contributed by atoms with Gasteiger partial charge in [0.05, 0.1) is 12.8 Å². The van der Waals surface area contributed by atoms with Crippen LogP contribution in [0.25, 0.3) is 16.0 Å². The second kappa shape index (κ2) is 7.04. The van der Waals surface area contributed by atoms with Gasteiger partial charge < -0.3 is 31.5 Å². The van der Waals surface area contributed by atoms with Gasteiger partial charge >= 0.3 is 17.9 Å². The molecular weight excluding hydrogens is 226 g/mol. The largest absolute Gasteiger partial charge is 0.481 e. The van der Waals surface area contributed by atoms with Gasteiger partial charge in [0.25, 0.3) is 0 Å². The van der Waals surface area contributed by atoms with Crippen molar-refractivity contribution < 1.29 is 34.8 Å². The van der Waals surface area contributed by atoms with Crippen molar-refractivity contribution in [3.8, 4) is 0 Å². The Morgan fingerprint density at radius 2 is 1.25 bits per heavy atom. The molecule has 0 aromatic carbocycles. The van der Waals surface area contributed by atoms with Crippen molar-refractivity contribution in [2.45, 2.75) is 18.4 Å². The van der Waals surface area contributed by atoms with E-state index < -0.39 is 36.4 Å². The van der Waals surface area contributed by atoms with Gasteiger partial charge in [0.15, 0.2) is 5.60 Å². The Bertz CT molecular complexity index is 304. The lowest BCUT2D eigenvalue weighted by Crippen LogP contribution is -2.42. The van der Waals surface area contributed by atoms with E-state index in [4.69, 9.17) is 31.5 Å². The molecule has 0 aliphatic rings. The fourth-order valence-electron chi connectivity index (χ4n) is 0.714. The van der Waals surface area contributed by atoms with Crippen LogP contribution in [0, 0.1) is 0 Å². The first-order valence-electron chi connectivity index (χ1n) is 3.57. The maximum absolute atomic E-state index is 10.3. The molecule has 0 aromatic rings. The third-order valence-electron chi connectivity index (χ3n) is 1.29. The van der Waals surface area contributed by atoms with Crippen LogP contribution in [0.1, 0.15) is 12.8 Å². The molecule has 0 rings (SSSR count). The number of carboxylic acid groups (broad SMARTS) is 3. The van der Waals surface area contributed by atoms with Crippen LogP contribution in [0.4, 0.5) is 0 Å². The number of aliphatic carboxylic acids is 3. The highest BCUT2D eigenvalue weighted by Gasteiger charge is 2.40. The van der Waals surface area contributed by atoms with Crippen molar-refractivity contribution in [2.24, 2.45) is 0 Å². The third-order valence-corrected chi connectivity index (χ3v) is 1.29. The van der Waals surface area contributed by atoms with Gasteiger partial charge in [-0.25, -0.2) is 4.79 Å². The Labute approximate surface area is 88.2 Å². The van der Waals surface area contributed by atoms with Crippen LogP contribution in [0.5, 0.6) is 0 Å². The third kappa shape index (κ3) is 7.12. The predicted molar refractivity (Wildman–Crippen MR) is 47.2 cm³/mol. The Morgan fingerprint density at radius 1 is 1.00 bits per heavy atom. The molecule has 0 radical (unpaired) electrons. The minimum absolute atomic E-state index is 1.14. The number of carbonyl (C=O) groups is 3. The molecule has 0 saturated carbocycles. The quantitative estimate of drug-likeness (QED) is 0.282. The smallest absolute Gasteiger partial charge is 0.336 e. The summed E-state index contributed by atoms with van der Waals surface area (Å²) in [5.74, 6) is -5.02. The van der Waals surface area contributed by atoms with Crippen molar-refractivity contribution in [1.29, 1.82) is 0 Å². The molecule has 0 aliphatic heterocycles. The van der Waals surface area contributed by atoms with Gasteiger partial charge in [-0.1, -0.05) is 0 Å². The van der Waals surface area contributed by atoms with E-state index >= 15 is 0 Å². The van der Waals surface area contributed by atoms with E-state index in [0.29, 0.717) is 0 Å². The Balaban J connectivity index is 0. The fourth-order valence-corrected chi connectivity index (χ4v) is 0.714. The summed E-state index contributed by atoms with van der Waals surface area (Å²) in [5.41, 5.74) is 10.8. The summed E-state index contributed by atoms with van der Waals surface area (Å²) >= 11 is 0. The first-order valence-corrected chi connectivity index (χ1v) is 3.57. The number of hydrogen-bond acceptors (Lipinski definition) is 4. The standard InChI is InChI=1S/C6H8O7.N3/c7-3(8)1-6(13,5(11)12)2-4(9)10;1-3-2/h13H,1-2H2,(H,7,8)(H,9,10)(H,11,12);/q;-1. The zero-order chi connectivity index (χ0) is 13.4. The Morgan fingerprint density at radius 3 is 1.38 bits per heavy atom. The molecule has 0 amide bonds. The highest BCUT2D eigenvalue weighted by atomic mass is 16.4. The average molecular weight is 234 g/mol.